The number of carbonyl (C=O) groups excluding carboxylic acids is 1. The van der Waals surface area contributed by atoms with E-state index in [9.17, 15) is 15.0 Å². The van der Waals surface area contributed by atoms with Crippen molar-refractivity contribution in [2.24, 2.45) is 0 Å². The second-order valence-electron chi connectivity index (χ2n) is 5.14. The highest BCUT2D eigenvalue weighted by Gasteiger charge is 2.12. The van der Waals surface area contributed by atoms with Gasteiger partial charge in [-0.15, -0.1) is 11.8 Å². The van der Waals surface area contributed by atoms with Crippen molar-refractivity contribution in [2.45, 2.75) is 24.7 Å². The van der Waals surface area contributed by atoms with Crippen LogP contribution in [-0.2, 0) is 0 Å². The Morgan fingerprint density at radius 2 is 1.76 bits per heavy atom. The molecule has 3 nitrogen and oxygen atoms in total. The van der Waals surface area contributed by atoms with Crippen molar-refractivity contribution in [1.82, 2.24) is 0 Å². The Labute approximate surface area is 128 Å². The lowest BCUT2D eigenvalue weighted by atomic mass is 10.0. The summed E-state index contributed by atoms with van der Waals surface area (Å²) in [5.41, 5.74) is 1.50. The van der Waals surface area contributed by atoms with Gasteiger partial charge in [-0.1, -0.05) is 26.0 Å². The molecule has 2 rings (SSSR count). The molecule has 0 bridgehead atoms. The minimum absolute atomic E-state index is 0.0547. The molecule has 110 valence electrons. The van der Waals surface area contributed by atoms with E-state index in [4.69, 9.17) is 0 Å². The largest absolute Gasteiger partial charge is 0.508 e. The molecule has 4 heteroatoms. The van der Waals surface area contributed by atoms with Gasteiger partial charge in [0, 0.05) is 11.0 Å². The molecular weight excluding hydrogens is 284 g/mol. The van der Waals surface area contributed by atoms with E-state index >= 15 is 0 Å². The number of aromatic hydroxyl groups is 2. The molecule has 2 N–H and O–H groups in total. The van der Waals surface area contributed by atoms with E-state index in [0.717, 1.165) is 4.90 Å². The van der Waals surface area contributed by atoms with Crippen LogP contribution in [0.15, 0.2) is 47.4 Å². The average Bonchev–Trinajstić information content (AvgIpc) is 2.45. The molecule has 21 heavy (non-hydrogen) atoms. The second kappa shape index (κ2) is 6.68. The van der Waals surface area contributed by atoms with Crippen LogP contribution in [0.2, 0.25) is 0 Å². The van der Waals surface area contributed by atoms with Crippen LogP contribution in [0.25, 0.3) is 0 Å². The lowest BCUT2D eigenvalue weighted by Crippen LogP contribution is -2.02. The Balaban J connectivity index is 2.00. The molecule has 0 saturated carbocycles. The summed E-state index contributed by atoms with van der Waals surface area (Å²) < 4.78 is 0. The van der Waals surface area contributed by atoms with E-state index < -0.39 is 0 Å². The van der Waals surface area contributed by atoms with E-state index in [1.165, 1.54) is 35.5 Å². The number of thioether (sulfide) groups is 1. The molecule has 0 radical (unpaired) electrons. The van der Waals surface area contributed by atoms with Gasteiger partial charge in [0.05, 0.1) is 11.3 Å². The average molecular weight is 302 g/mol. The molecule has 0 aromatic heterocycles. The molecule has 0 atom stereocenters. The van der Waals surface area contributed by atoms with Crippen LogP contribution in [0.1, 0.15) is 35.7 Å². The summed E-state index contributed by atoms with van der Waals surface area (Å²) in [5.74, 6) is 0.334. The van der Waals surface area contributed by atoms with Crippen molar-refractivity contribution in [3.05, 3.63) is 53.6 Å². The van der Waals surface area contributed by atoms with Crippen molar-refractivity contribution < 1.29 is 15.0 Å². The van der Waals surface area contributed by atoms with Gasteiger partial charge >= 0.3 is 0 Å². The first-order chi connectivity index (χ1) is 9.97. The molecule has 2 aromatic rings. The highest BCUT2D eigenvalue weighted by molar-refractivity contribution is 8.00. The molecule has 0 aliphatic heterocycles. The molecule has 0 fully saturated rings. The van der Waals surface area contributed by atoms with Crippen molar-refractivity contribution >= 4 is 17.5 Å². The van der Waals surface area contributed by atoms with Gasteiger partial charge in [0.15, 0.2) is 5.78 Å². The van der Waals surface area contributed by atoms with Crippen LogP contribution in [0.5, 0.6) is 11.5 Å². The van der Waals surface area contributed by atoms with Gasteiger partial charge in [-0.2, -0.15) is 0 Å². The molecule has 0 amide bonds. The summed E-state index contributed by atoms with van der Waals surface area (Å²) in [5, 5.41) is 18.9. The third kappa shape index (κ3) is 4.02. The Kier molecular flexibility index (Phi) is 4.91. The number of rotatable bonds is 5. The summed E-state index contributed by atoms with van der Waals surface area (Å²) in [4.78, 5) is 13.1. The number of benzene rings is 2. The third-order valence-corrected chi connectivity index (χ3v) is 4.21. The highest BCUT2D eigenvalue weighted by Crippen LogP contribution is 2.26. The fourth-order valence-corrected chi connectivity index (χ4v) is 2.71. The zero-order valence-electron chi connectivity index (χ0n) is 12.0. The van der Waals surface area contributed by atoms with Crippen molar-refractivity contribution in [3.63, 3.8) is 0 Å². The molecular formula is C17H18O3S. The first-order valence-corrected chi connectivity index (χ1v) is 7.74. The molecule has 0 heterocycles. The molecule has 0 aliphatic rings. The number of Topliss-reactive ketones (excluding diaryl/α,β-unsaturated/α-hetero) is 1. The molecule has 0 unspecified atom stereocenters. The maximum atomic E-state index is 12.1. The number of ketones is 1. The van der Waals surface area contributed by atoms with Crippen molar-refractivity contribution in [2.75, 3.05) is 5.75 Å². The number of hydrogen-bond acceptors (Lipinski definition) is 4. The number of phenols is 2. The Morgan fingerprint density at radius 1 is 1.10 bits per heavy atom. The van der Waals surface area contributed by atoms with Crippen LogP contribution < -0.4 is 0 Å². The van der Waals surface area contributed by atoms with E-state index in [0.29, 0.717) is 5.92 Å². The molecule has 2 aromatic carbocycles. The van der Waals surface area contributed by atoms with Crippen LogP contribution >= 0.6 is 11.8 Å². The third-order valence-electron chi connectivity index (χ3n) is 3.20. The standard InChI is InChI=1S/C17H18O3S/c1-11(2)12-3-6-14(7-4-12)21-10-17(20)15-8-5-13(18)9-16(15)19/h3-9,11,18-19H,10H2,1-2H3. The summed E-state index contributed by atoms with van der Waals surface area (Å²) in [6, 6.07) is 12.2. The lowest BCUT2D eigenvalue weighted by Gasteiger charge is -2.07. The van der Waals surface area contributed by atoms with Gasteiger partial charge in [0.25, 0.3) is 0 Å². The first-order valence-electron chi connectivity index (χ1n) is 6.75. The van der Waals surface area contributed by atoms with Crippen LogP contribution in [-0.4, -0.2) is 21.7 Å². The van der Waals surface area contributed by atoms with E-state index in [1.807, 2.05) is 12.1 Å². The van der Waals surface area contributed by atoms with Gasteiger partial charge in [-0.25, -0.2) is 0 Å². The lowest BCUT2D eigenvalue weighted by molar-refractivity contribution is 0.102. The monoisotopic (exact) mass is 302 g/mol. The van der Waals surface area contributed by atoms with Gasteiger partial charge in [0.2, 0.25) is 0 Å². The van der Waals surface area contributed by atoms with Crippen molar-refractivity contribution in [3.8, 4) is 11.5 Å². The zero-order valence-corrected chi connectivity index (χ0v) is 12.9. The summed E-state index contributed by atoms with van der Waals surface area (Å²) >= 11 is 1.43. The normalized spacial score (nSPS) is 10.8. The van der Waals surface area contributed by atoms with E-state index in [1.54, 1.807) is 0 Å². The first kappa shape index (κ1) is 15.4. The number of carbonyl (C=O) groups is 1. The minimum Gasteiger partial charge on any atom is -0.508 e. The summed E-state index contributed by atoms with van der Waals surface area (Å²) in [6.07, 6.45) is 0. The second-order valence-corrected chi connectivity index (χ2v) is 6.19. The van der Waals surface area contributed by atoms with Crippen LogP contribution in [0.4, 0.5) is 0 Å². The topological polar surface area (TPSA) is 57.5 Å². The Bertz CT molecular complexity index is 633. The predicted octanol–water partition coefficient (Wildman–Crippen LogP) is 4.20. The fraction of sp³-hybridized carbons (Fsp3) is 0.235. The zero-order chi connectivity index (χ0) is 15.4. The van der Waals surface area contributed by atoms with Crippen molar-refractivity contribution in [1.29, 1.82) is 0 Å². The summed E-state index contributed by atoms with van der Waals surface area (Å²) in [7, 11) is 0. The van der Waals surface area contributed by atoms with Crippen LogP contribution in [0.3, 0.4) is 0 Å². The van der Waals surface area contributed by atoms with Gasteiger partial charge in [-0.3, -0.25) is 4.79 Å². The number of phenolic OH excluding ortho intramolecular Hbond substituents is 2. The van der Waals surface area contributed by atoms with Gasteiger partial charge in [0.1, 0.15) is 11.5 Å². The maximum absolute atomic E-state index is 12.1. The molecule has 0 saturated heterocycles. The van der Waals surface area contributed by atoms with Gasteiger partial charge < -0.3 is 10.2 Å². The van der Waals surface area contributed by atoms with Crippen LogP contribution in [0, 0.1) is 0 Å². The Morgan fingerprint density at radius 3 is 2.33 bits per heavy atom. The van der Waals surface area contributed by atoms with Gasteiger partial charge in [-0.05, 0) is 35.7 Å². The summed E-state index contributed by atoms with van der Waals surface area (Å²) in [6.45, 7) is 4.28. The smallest absolute Gasteiger partial charge is 0.176 e. The molecule has 0 aliphatic carbocycles. The minimum atomic E-state index is -0.184. The van der Waals surface area contributed by atoms with E-state index in [-0.39, 0.29) is 28.6 Å². The highest BCUT2D eigenvalue weighted by atomic mass is 32.2. The molecule has 0 spiro atoms. The quantitative estimate of drug-likeness (QED) is 0.642. The predicted molar refractivity (Wildman–Crippen MR) is 85.4 cm³/mol. The number of hydrogen-bond donors (Lipinski definition) is 2. The fourth-order valence-electron chi connectivity index (χ4n) is 1.93. The Hall–Kier alpha value is -1.94. The van der Waals surface area contributed by atoms with E-state index in [2.05, 4.69) is 26.0 Å². The SMILES string of the molecule is CC(C)c1ccc(SCC(=O)c2ccc(O)cc2O)cc1. The maximum Gasteiger partial charge on any atom is 0.176 e.